The van der Waals surface area contributed by atoms with Crippen LogP contribution in [0.3, 0.4) is 0 Å². The van der Waals surface area contributed by atoms with Crippen molar-refractivity contribution in [3.8, 4) is 0 Å². The van der Waals surface area contributed by atoms with Crippen LogP contribution in [-0.4, -0.2) is 81.7 Å². The molecule has 0 aliphatic carbocycles. The Balaban J connectivity index is 3.36. The minimum absolute atomic E-state index is 0.422. The average Bonchev–Trinajstić information content (AvgIpc) is 2.85. The standard InChI is InChI=1S/C22H44N4O6Si/c1-27-22(28-2,29-3)32-33(30-4,18-11-20-9-6-5-7-10-20)31-21(13-15-24,12-8-14-23)19-26-17-16-25/h5-7,9-10,26H,8,11-19,23-25H2,1-4H3. The molecule has 0 aliphatic heterocycles. The number of ether oxygens (including phenoxy) is 3. The third-order valence-corrected chi connectivity index (χ3v) is 8.27. The van der Waals surface area contributed by atoms with E-state index in [9.17, 15) is 0 Å². The molecule has 2 unspecified atom stereocenters. The molecule has 0 bridgehead atoms. The molecule has 10 nitrogen and oxygen atoms in total. The van der Waals surface area contributed by atoms with Crippen molar-refractivity contribution in [1.29, 1.82) is 0 Å². The minimum Gasteiger partial charge on any atom is -0.377 e. The van der Waals surface area contributed by atoms with Gasteiger partial charge in [0.1, 0.15) is 0 Å². The Hall–Kier alpha value is -0.963. The molecule has 0 heterocycles. The number of nitrogens with one attached hydrogen (secondary N) is 1. The molecule has 0 amide bonds. The van der Waals surface area contributed by atoms with Gasteiger partial charge in [-0.05, 0) is 44.3 Å². The van der Waals surface area contributed by atoms with Gasteiger partial charge in [-0.3, -0.25) is 4.43 Å². The van der Waals surface area contributed by atoms with E-state index >= 15 is 0 Å². The van der Waals surface area contributed by atoms with Gasteiger partial charge < -0.3 is 45.6 Å². The first-order valence-corrected chi connectivity index (χ1v) is 13.3. The number of rotatable bonds is 20. The monoisotopic (exact) mass is 488 g/mol. The van der Waals surface area contributed by atoms with Crippen molar-refractivity contribution in [3.05, 3.63) is 35.9 Å². The van der Waals surface area contributed by atoms with Gasteiger partial charge in [-0.2, -0.15) is 0 Å². The SMILES string of the molecule is COC(OC)(OC)O[Si](CCc1ccccc1)(OC)OC(CCN)(CCCN)CNCCN. The van der Waals surface area contributed by atoms with E-state index in [0.717, 1.165) is 12.0 Å². The fourth-order valence-electron chi connectivity index (χ4n) is 3.69. The van der Waals surface area contributed by atoms with Gasteiger partial charge in [0.05, 0.1) is 5.60 Å². The Kier molecular flexibility index (Phi) is 14.4. The molecule has 2 atom stereocenters. The first kappa shape index (κ1) is 30.1. The summed E-state index contributed by atoms with van der Waals surface area (Å²) in [6, 6.07) is 10.5. The average molecular weight is 489 g/mol. The predicted octanol–water partition coefficient (Wildman–Crippen LogP) is 0.773. The summed E-state index contributed by atoms with van der Waals surface area (Å²) in [7, 11) is 2.40. The summed E-state index contributed by atoms with van der Waals surface area (Å²) in [4.78, 5) is 0. The molecule has 0 aromatic heterocycles. The molecule has 0 spiro atoms. The second-order valence-corrected chi connectivity index (χ2v) is 10.5. The molecule has 33 heavy (non-hydrogen) atoms. The molecular weight excluding hydrogens is 444 g/mol. The van der Waals surface area contributed by atoms with E-state index in [1.54, 1.807) is 7.11 Å². The topological polar surface area (TPSA) is 145 Å². The molecule has 11 heteroatoms. The molecule has 0 saturated carbocycles. The van der Waals surface area contributed by atoms with Gasteiger partial charge in [-0.1, -0.05) is 30.3 Å². The van der Waals surface area contributed by atoms with E-state index in [0.29, 0.717) is 58.0 Å². The summed E-state index contributed by atoms with van der Waals surface area (Å²) in [6.45, 7) is 2.62. The minimum atomic E-state index is -3.48. The quantitative estimate of drug-likeness (QED) is 0.118. The van der Waals surface area contributed by atoms with Gasteiger partial charge in [-0.25, -0.2) is 0 Å². The van der Waals surface area contributed by atoms with Crippen LogP contribution in [0.4, 0.5) is 0 Å². The number of hydrogen-bond donors (Lipinski definition) is 4. The lowest BCUT2D eigenvalue weighted by Crippen LogP contribution is -2.61. The van der Waals surface area contributed by atoms with Crippen LogP contribution >= 0.6 is 0 Å². The van der Waals surface area contributed by atoms with Crippen LogP contribution in [0.15, 0.2) is 30.3 Å². The molecule has 7 N–H and O–H groups in total. The van der Waals surface area contributed by atoms with Crippen molar-refractivity contribution in [3.63, 3.8) is 0 Å². The van der Waals surface area contributed by atoms with Crippen LogP contribution in [0.5, 0.6) is 0 Å². The molecule has 1 aromatic rings. The Morgan fingerprint density at radius 2 is 1.52 bits per heavy atom. The van der Waals surface area contributed by atoms with E-state index in [4.69, 9.17) is 44.7 Å². The molecule has 1 aromatic carbocycles. The molecule has 0 fully saturated rings. The number of nitrogens with two attached hydrogens (primary N) is 3. The van der Waals surface area contributed by atoms with Crippen molar-refractivity contribution >= 4 is 8.80 Å². The summed E-state index contributed by atoms with van der Waals surface area (Å²) in [5.74, 6) is 0. The summed E-state index contributed by atoms with van der Waals surface area (Å²) in [5.41, 5.74) is 18.0. The van der Waals surface area contributed by atoms with E-state index in [2.05, 4.69) is 17.4 Å². The van der Waals surface area contributed by atoms with Crippen LogP contribution in [0.2, 0.25) is 6.04 Å². The van der Waals surface area contributed by atoms with Crippen molar-refractivity contribution in [2.75, 3.05) is 61.2 Å². The fourth-order valence-corrected chi connectivity index (χ4v) is 6.47. The van der Waals surface area contributed by atoms with E-state index in [1.165, 1.54) is 21.3 Å². The largest absolute Gasteiger partial charge is 0.507 e. The zero-order chi connectivity index (χ0) is 24.6. The lowest BCUT2D eigenvalue weighted by atomic mass is 9.93. The summed E-state index contributed by atoms with van der Waals surface area (Å²) >= 11 is 0. The maximum absolute atomic E-state index is 6.86. The Labute approximate surface area is 199 Å². The first-order chi connectivity index (χ1) is 15.9. The van der Waals surface area contributed by atoms with Crippen LogP contribution in [-0.2, 0) is 33.9 Å². The van der Waals surface area contributed by atoms with Gasteiger partial charge in [-0.15, -0.1) is 0 Å². The van der Waals surface area contributed by atoms with Crippen LogP contribution < -0.4 is 22.5 Å². The van der Waals surface area contributed by atoms with E-state index in [-0.39, 0.29) is 0 Å². The maximum atomic E-state index is 6.86. The van der Waals surface area contributed by atoms with Crippen molar-refractivity contribution in [2.45, 2.75) is 43.5 Å². The van der Waals surface area contributed by atoms with Crippen LogP contribution in [0.25, 0.3) is 0 Å². The van der Waals surface area contributed by atoms with Crippen molar-refractivity contribution < 1.29 is 27.5 Å². The highest BCUT2D eigenvalue weighted by molar-refractivity contribution is 6.60. The van der Waals surface area contributed by atoms with Gasteiger partial charge in [0.15, 0.2) is 0 Å². The second kappa shape index (κ2) is 15.8. The van der Waals surface area contributed by atoms with Gasteiger partial charge in [0.25, 0.3) is 0 Å². The highest BCUT2D eigenvalue weighted by Crippen LogP contribution is 2.34. The second-order valence-electron chi connectivity index (χ2n) is 7.77. The lowest BCUT2D eigenvalue weighted by Gasteiger charge is -2.44. The maximum Gasteiger partial charge on any atom is 0.507 e. The third kappa shape index (κ3) is 9.66. The zero-order valence-corrected chi connectivity index (χ0v) is 21.6. The summed E-state index contributed by atoms with van der Waals surface area (Å²) in [5, 5.41) is 3.37. The van der Waals surface area contributed by atoms with Crippen molar-refractivity contribution in [2.24, 2.45) is 17.2 Å². The van der Waals surface area contributed by atoms with Crippen LogP contribution in [0, 0.1) is 0 Å². The summed E-state index contributed by atoms with van der Waals surface area (Å²) < 4.78 is 35.5. The lowest BCUT2D eigenvalue weighted by molar-refractivity contribution is -0.461. The summed E-state index contributed by atoms with van der Waals surface area (Å²) in [6.07, 6.45) is 0.898. The van der Waals surface area contributed by atoms with Gasteiger partial charge >= 0.3 is 15.0 Å². The van der Waals surface area contributed by atoms with Gasteiger partial charge in [0.2, 0.25) is 0 Å². The smallest absolute Gasteiger partial charge is 0.377 e. The third-order valence-electron chi connectivity index (χ3n) is 5.48. The van der Waals surface area contributed by atoms with Crippen LogP contribution in [0.1, 0.15) is 24.8 Å². The van der Waals surface area contributed by atoms with E-state index < -0.39 is 20.6 Å². The first-order valence-electron chi connectivity index (χ1n) is 11.4. The molecule has 0 radical (unpaired) electrons. The molecule has 0 aliphatic rings. The van der Waals surface area contributed by atoms with E-state index in [1.807, 2.05) is 18.2 Å². The number of hydrogen-bond acceptors (Lipinski definition) is 10. The highest BCUT2D eigenvalue weighted by atomic mass is 28.4. The highest BCUT2D eigenvalue weighted by Gasteiger charge is 2.54. The fraction of sp³-hybridized carbons (Fsp3) is 0.727. The molecule has 192 valence electrons. The number of aryl methyl sites for hydroxylation is 1. The normalized spacial score (nSPS) is 15.8. The molecule has 1 rings (SSSR count). The Bertz CT molecular complexity index is 620. The number of methoxy groups -OCH3 is 3. The zero-order valence-electron chi connectivity index (χ0n) is 20.6. The number of benzene rings is 1. The molecule has 0 saturated heterocycles. The molecular formula is C22H44N4O6Si. The Morgan fingerprint density at radius 1 is 0.848 bits per heavy atom. The predicted molar refractivity (Wildman–Crippen MR) is 130 cm³/mol. The Morgan fingerprint density at radius 3 is 2.03 bits per heavy atom. The van der Waals surface area contributed by atoms with Gasteiger partial charge in [0, 0.05) is 54.1 Å². The van der Waals surface area contributed by atoms with Crippen molar-refractivity contribution in [1.82, 2.24) is 5.32 Å².